The quantitative estimate of drug-likeness (QED) is 0.187. The van der Waals surface area contributed by atoms with E-state index in [1.807, 2.05) is 0 Å². The Bertz CT molecular complexity index is 334. The monoisotopic (exact) mass is 312 g/mol. The molecule has 0 spiro atoms. The van der Waals surface area contributed by atoms with E-state index in [-0.39, 0.29) is 11.9 Å². The first-order valence-electron chi connectivity index (χ1n) is 8.53. The molecule has 3 N–H and O–H groups in total. The number of allylic oxidation sites excluding steroid dienone is 3. The van der Waals surface area contributed by atoms with Gasteiger partial charge in [0.15, 0.2) is 0 Å². The topological polar surface area (TPSA) is 77.8 Å². The fourth-order valence-electron chi connectivity index (χ4n) is 2.30. The molecule has 0 aliphatic carbocycles. The minimum absolute atomic E-state index is 0.104. The van der Waals surface area contributed by atoms with Crippen molar-refractivity contribution in [2.24, 2.45) is 0 Å². The van der Waals surface area contributed by atoms with Gasteiger partial charge in [-0.15, -0.1) is 0 Å². The van der Waals surface area contributed by atoms with Gasteiger partial charge in [0.1, 0.15) is 0 Å². The van der Waals surface area contributed by atoms with Crippen LogP contribution in [0.5, 0.6) is 0 Å². The fourth-order valence-corrected chi connectivity index (χ4v) is 2.30. The van der Waals surface area contributed by atoms with Crippen molar-refractivity contribution in [2.45, 2.75) is 83.7 Å². The Balaban J connectivity index is 3.53. The molecule has 0 aliphatic heterocycles. The number of carbonyl (C=O) groups is 1. The summed E-state index contributed by atoms with van der Waals surface area (Å²) in [6.45, 7) is 2.22. The minimum atomic E-state index is -1.04. The molecule has 0 aromatic carbocycles. The van der Waals surface area contributed by atoms with Crippen molar-refractivity contribution in [2.75, 3.05) is 0 Å². The van der Waals surface area contributed by atoms with E-state index >= 15 is 0 Å². The molecule has 0 aromatic heterocycles. The molecule has 0 heterocycles. The number of carboxylic acid groups (broad SMARTS) is 1. The number of rotatable bonds is 14. The van der Waals surface area contributed by atoms with Crippen LogP contribution in [0.4, 0.5) is 0 Å². The molecular weight excluding hydrogens is 280 g/mol. The largest absolute Gasteiger partial charge is 0.512 e. The summed E-state index contributed by atoms with van der Waals surface area (Å²) in [6, 6.07) is 0. The third kappa shape index (κ3) is 15.1. The van der Waals surface area contributed by atoms with Crippen LogP contribution >= 0.6 is 0 Å². The highest BCUT2D eigenvalue weighted by Gasteiger charge is 2.05. The highest BCUT2D eigenvalue weighted by Crippen LogP contribution is 2.13. The molecule has 0 amide bonds. The number of hydrogen-bond acceptors (Lipinski definition) is 3. The van der Waals surface area contributed by atoms with Crippen LogP contribution in [0.2, 0.25) is 0 Å². The summed E-state index contributed by atoms with van der Waals surface area (Å²) in [7, 11) is 0. The van der Waals surface area contributed by atoms with Gasteiger partial charge in [0.2, 0.25) is 0 Å². The van der Waals surface area contributed by atoms with Crippen molar-refractivity contribution < 1.29 is 20.1 Å². The van der Waals surface area contributed by atoms with E-state index in [2.05, 4.69) is 6.92 Å². The van der Waals surface area contributed by atoms with Crippen molar-refractivity contribution in [3.63, 3.8) is 0 Å². The first-order valence-corrected chi connectivity index (χ1v) is 8.53. The molecule has 128 valence electrons. The molecule has 0 aromatic rings. The van der Waals surface area contributed by atoms with Crippen LogP contribution in [0.1, 0.15) is 77.6 Å². The third-order valence-corrected chi connectivity index (χ3v) is 3.65. The fraction of sp³-hybridized carbons (Fsp3) is 0.722. The van der Waals surface area contributed by atoms with E-state index in [0.29, 0.717) is 12.8 Å². The van der Waals surface area contributed by atoms with Crippen LogP contribution in [-0.2, 0) is 4.79 Å². The zero-order valence-corrected chi connectivity index (χ0v) is 13.8. The summed E-state index contributed by atoms with van der Waals surface area (Å²) in [5.74, 6) is -0.939. The number of unbranched alkanes of at least 4 members (excludes halogenated alkanes) is 7. The van der Waals surface area contributed by atoms with E-state index < -0.39 is 5.97 Å². The third-order valence-electron chi connectivity index (χ3n) is 3.65. The summed E-state index contributed by atoms with van der Waals surface area (Å²) in [5.41, 5.74) is 0. The normalized spacial score (nSPS) is 13.6. The van der Waals surface area contributed by atoms with Crippen molar-refractivity contribution >= 4 is 5.97 Å². The van der Waals surface area contributed by atoms with Gasteiger partial charge >= 0.3 is 5.97 Å². The molecule has 4 nitrogen and oxygen atoms in total. The smallest absolute Gasteiger partial charge is 0.328 e. The minimum Gasteiger partial charge on any atom is -0.512 e. The Morgan fingerprint density at radius 1 is 0.955 bits per heavy atom. The number of aliphatic hydroxyl groups excluding tert-OH is 2. The first-order chi connectivity index (χ1) is 10.6. The van der Waals surface area contributed by atoms with E-state index in [4.69, 9.17) is 5.11 Å². The molecule has 0 saturated carbocycles. The Morgan fingerprint density at radius 3 is 2.14 bits per heavy atom. The lowest BCUT2D eigenvalue weighted by Crippen LogP contribution is -2.06. The predicted molar refractivity (Wildman–Crippen MR) is 90.0 cm³/mol. The lowest BCUT2D eigenvalue weighted by atomic mass is 10.0. The van der Waals surface area contributed by atoms with Gasteiger partial charge in [-0.25, -0.2) is 4.79 Å². The van der Waals surface area contributed by atoms with E-state index in [1.54, 1.807) is 0 Å². The maximum atomic E-state index is 10.3. The summed E-state index contributed by atoms with van der Waals surface area (Å²) in [4.78, 5) is 10.3. The van der Waals surface area contributed by atoms with Crippen LogP contribution in [0.15, 0.2) is 24.0 Å². The highest BCUT2D eigenvalue weighted by molar-refractivity contribution is 5.80. The Hall–Kier alpha value is -1.29. The van der Waals surface area contributed by atoms with Crippen molar-refractivity contribution in [1.29, 1.82) is 0 Å². The number of aliphatic carboxylic acids is 1. The second-order valence-corrected chi connectivity index (χ2v) is 5.81. The van der Waals surface area contributed by atoms with Crippen LogP contribution in [0, 0.1) is 0 Å². The molecule has 0 aliphatic rings. The first kappa shape index (κ1) is 20.7. The van der Waals surface area contributed by atoms with Gasteiger partial charge in [-0.05, 0) is 18.9 Å². The van der Waals surface area contributed by atoms with Crippen LogP contribution in [-0.4, -0.2) is 27.4 Å². The molecule has 0 radical (unpaired) electrons. The van der Waals surface area contributed by atoms with Gasteiger partial charge < -0.3 is 15.3 Å². The molecule has 0 fully saturated rings. The molecule has 4 heteroatoms. The maximum absolute atomic E-state index is 10.3. The molecule has 0 bridgehead atoms. The van der Waals surface area contributed by atoms with E-state index in [0.717, 1.165) is 25.3 Å². The van der Waals surface area contributed by atoms with Gasteiger partial charge in [0, 0.05) is 12.5 Å². The van der Waals surface area contributed by atoms with Crippen LogP contribution in [0.3, 0.4) is 0 Å². The van der Waals surface area contributed by atoms with Crippen LogP contribution in [0.25, 0.3) is 0 Å². The second kappa shape index (κ2) is 14.6. The number of hydrogen-bond donors (Lipinski definition) is 3. The molecule has 0 rings (SSSR count). The maximum Gasteiger partial charge on any atom is 0.328 e. The number of aliphatic hydroxyl groups is 2. The predicted octanol–water partition coefficient (Wildman–Crippen LogP) is 4.74. The summed E-state index contributed by atoms with van der Waals surface area (Å²) < 4.78 is 0. The van der Waals surface area contributed by atoms with Gasteiger partial charge in [-0.2, -0.15) is 0 Å². The van der Waals surface area contributed by atoms with E-state index in [9.17, 15) is 15.0 Å². The van der Waals surface area contributed by atoms with Crippen molar-refractivity contribution in [3.8, 4) is 0 Å². The Morgan fingerprint density at radius 2 is 1.55 bits per heavy atom. The molecular formula is C18H32O4. The average molecular weight is 312 g/mol. The van der Waals surface area contributed by atoms with Gasteiger partial charge in [-0.1, -0.05) is 64.4 Å². The zero-order valence-electron chi connectivity index (χ0n) is 13.8. The van der Waals surface area contributed by atoms with Crippen molar-refractivity contribution in [1.82, 2.24) is 0 Å². The summed E-state index contributed by atoms with van der Waals surface area (Å²) >= 11 is 0. The average Bonchev–Trinajstić information content (AvgIpc) is 2.47. The van der Waals surface area contributed by atoms with Crippen LogP contribution < -0.4 is 0 Å². The van der Waals surface area contributed by atoms with Gasteiger partial charge in [-0.3, -0.25) is 0 Å². The highest BCUT2D eigenvalue weighted by atomic mass is 16.4. The molecule has 22 heavy (non-hydrogen) atoms. The van der Waals surface area contributed by atoms with Gasteiger partial charge in [0.05, 0.1) is 11.9 Å². The molecule has 1 unspecified atom stereocenters. The molecule has 1 atom stereocenters. The molecule has 0 saturated heterocycles. The Labute approximate surface area is 134 Å². The SMILES string of the molecule is CCCCCCCCCCC(O)CCC(O)=CC=CC(=O)O. The lowest BCUT2D eigenvalue weighted by Gasteiger charge is -2.09. The van der Waals surface area contributed by atoms with Crippen molar-refractivity contribution in [3.05, 3.63) is 24.0 Å². The zero-order chi connectivity index (χ0) is 16.6. The Kier molecular flexibility index (Phi) is 13.8. The van der Waals surface area contributed by atoms with Gasteiger partial charge in [0.25, 0.3) is 0 Å². The lowest BCUT2D eigenvalue weighted by molar-refractivity contribution is -0.131. The standard InChI is InChI=1S/C18H32O4/c1-2-3-4-5-6-7-8-9-11-16(19)14-15-17(20)12-10-13-18(21)22/h10,12-13,16,19-20H,2-9,11,14-15H2,1H3,(H,21,22). The van der Waals surface area contributed by atoms with E-state index in [1.165, 1.54) is 50.7 Å². The summed E-state index contributed by atoms with van der Waals surface area (Å²) in [6.07, 6.45) is 14.9. The number of carboxylic acids is 1. The second-order valence-electron chi connectivity index (χ2n) is 5.81. The summed E-state index contributed by atoms with van der Waals surface area (Å²) in [5, 5.41) is 27.8.